The van der Waals surface area contributed by atoms with Gasteiger partial charge in [-0.05, 0) is 32.1 Å². The summed E-state index contributed by atoms with van der Waals surface area (Å²) < 4.78 is 0. The molecule has 1 aliphatic carbocycles. The van der Waals surface area contributed by atoms with Gasteiger partial charge < -0.3 is 5.32 Å². The van der Waals surface area contributed by atoms with Gasteiger partial charge in [0.05, 0.1) is 10.7 Å². The quantitative estimate of drug-likeness (QED) is 0.872. The van der Waals surface area contributed by atoms with Crippen LogP contribution in [0.25, 0.3) is 0 Å². The molecule has 3 heteroatoms. The van der Waals surface area contributed by atoms with Gasteiger partial charge in [0.15, 0.2) is 0 Å². The van der Waals surface area contributed by atoms with E-state index in [9.17, 15) is 0 Å². The zero-order chi connectivity index (χ0) is 13.9. The average Bonchev–Trinajstić information content (AvgIpc) is 2.67. The third kappa shape index (κ3) is 4.03. The summed E-state index contributed by atoms with van der Waals surface area (Å²) in [5.74, 6) is 0. The number of hydrogen-bond donors (Lipinski definition) is 1. The van der Waals surface area contributed by atoms with E-state index in [1.165, 1.54) is 54.1 Å². The average molecular weight is 280 g/mol. The van der Waals surface area contributed by atoms with Gasteiger partial charge in [0.25, 0.3) is 0 Å². The van der Waals surface area contributed by atoms with Crippen LogP contribution in [0.2, 0.25) is 0 Å². The molecule has 0 spiro atoms. The standard InChI is InChI=1S/C16H28N2S/c1-12(2)17-11-16(8-6-5-7-9-16)10-15-18-13(3)14(4)19-15/h12,17H,5-11H2,1-4H3. The van der Waals surface area contributed by atoms with E-state index in [-0.39, 0.29) is 0 Å². The van der Waals surface area contributed by atoms with Crippen LogP contribution in [-0.2, 0) is 6.42 Å². The lowest BCUT2D eigenvalue weighted by atomic mass is 9.72. The summed E-state index contributed by atoms with van der Waals surface area (Å²) in [7, 11) is 0. The number of rotatable bonds is 5. The lowest BCUT2D eigenvalue weighted by molar-refractivity contribution is 0.176. The molecule has 1 saturated carbocycles. The third-order valence-corrected chi connectivity index (χ3v) is 5.47. The van der Waals surface area contributed by atoms with Gasteiger partial charge in [0, 0.05) is 23.9 Å². The minimum absolute atomic E-state index is 0.458. The number of nitrogens with one attached hydrogen (secondary N) is 1. The molecule has 0 unspecified atom stereocenters. The molecule has 1 aliphatic rings. The van der Waals surface area contributed by atoms with Gasteiger partial charge in [0.1, 0.15) is 0 Å². The summed E-state index contributed by atoms with van der Waals surface area (Å²) >= 11 is 1.90. The summed E-state index contributed by atoms with van der Waals surface area (Å²) in [6, 6.07) is 0.582. The van der Waals surface area contributed by atoms with Crippen LogP contribution >= 0.6 is 11.3 Å². The Morgan fingerprint density at radius 1 is 1.21 bits per heavy atom. The van der Waals surface area contributed by atoms with Crippen molar-refractivity contribution in [1.82, 2.24) is 10.3 Å². The predicted molar refractivity (Wildman–Crippen MR) is 83.9 cm³/mol. The Morgan fingerprint density at radius 2 is 1.89 bits per heavy atom. The van der Waals surface area contributed by atoms with Crippen LogP contribution < -0.4 is 5.32 Å². The molecule has 0 radical (unpaired) electrons. The van der Waals surface area contributed by atoms with E-state index >= 15 is 0 Å². The number of aryl methyl sites for hydroxylation is 2. The van der Waals surface area contributed by atoms with Crippen molar-refractivity contribution in [3.8, 4) is 0 Å². The number of hydrogen-bond acceptors (Lipinski definition) is 3. The van der Waals surface area contributed by atoms with Crippen LogP contribution in [0.3, 0.4) is 0 Å². The smallest absolute Gasteiger partial charge is 0.0936 e. The number of aromatic nitrogens is 1. The molecule has 0 saturated heterocycles. The van der Waals surface area contributed by atoms with Gasteiger partial charge in [-0.2, -0.15) is 0 Å². The topological polar surface area (TPSA) is 24.9 Å². The van der Waals surface area contributed by atoms with Gasteiger partial charge >= 0.3 is 0 Å². The van der Waals surface area contributed by atoms with E-state index in [1.54, 1.807) is 0 Å². The molecule has 1 aromatic rings. The number of nitrogens with zero attached hydrogens (tertiary/aromatic N) is 1. The highest BCUT2D eigenvalue weighted by Gasteiger charge is 2.33. The monoisotopic (exact) mass is 280 g/mol. The second-order valence-electron chi connectivity index (χ2n) is 6.52. The van der Waals surface area contributed by atoms with Crippen molar-refractivity contribution in [3.63, 3.8) is 0 Å². The Hall–Kier alpha value is -0.410. The van der Waals surface area contributed by atoms with Crippen molar-refractivity contribution in [2.45, 2.75) is 72.3 Å². The van der Waals surface area contributed by atoms with Crippen molar-refractivity contribution in [3.05, 3.63) is 15.6 Å². The van der Waals surface area contributed by atoms with Crippen molar-refractivity contribution in [2.24, 2.45) is 5.41 Å². The Labute approximate surface area is 122 Å². The van der Waals surface area contributed by atoms with Gasteiger partial charge in [-0.15, -0.1) is 11.3 Å². The Morgan fingerprint density at radius 3 is 2.42 bits per heavy atom. The van der Waals surface area contributed by atoms with Crippen molar-refractivity contribution < 1.29 is 0 Å². The van der Waals surface area contributed by atoms with Gasteiger partial charge in [-0.25, -0.2) is 4.98 Å². The van der Waals surface area contributed by atoms with E-state index in [0.717, 1.165) is 6.54 Å². The van der Waals surface area contributed by atoms with Crippen molar-refractivity contribution in [2.75, 3.05) is 6.54 Å². The maximum atomic E-state index is 4.77. The lowest BCUT2D eigenvalue weighted by Gasteiger charge is -2.37. The molecule has 1 aromatic heterocycles. The van der Waals surface area contributed by atoms with Crippen molar-refractivity contribution >= 4 is 11.3 Å². The Kier molecular flexibility index (Phi) is 5.02. The molecule has 108 valence electrons. The largest absolute Gasteiger partial charge is 0.314 e. The van der Waals surface area contributed by atoms with Crippen LogP contribution in [0.15, 0.2) is 0 Å². The zero-order valence-corrected chi connectivity index (χ0v) is 13.7. The minimum Gasteiger partial charge on any atom is -0.314 e. The van der Waals surface area contributed by atoms with E-state index in [0.29, 0.717) is 11.5 Å². The fourth-order valence-corrected chi connectivity index (χ4v) is 4.18. The maximum Gasteiger partial charge on any atom is 0.0936 e. The molecule has 1 N–H and O–H groups in total. The van der Waals surface area contributed by atoms with E-state index in [4.69, 9.17) is 4.98 Å². The van der Waals surface area contributed by atoms with Gasteiger partial charge in [-0.1, -0.05) is 33.1 Å². The highest BCUT2D eigenvalue weighted by atomic mass is 32.1. The van der Waals surface area contributed by atoms with Crippen LogP contribution in [0.1, 0.15) is 61.5 Å². The Bertz CT molecular complexity index is 383. The second-order valence-corrected chi connectivity index (χ2v) is 7.81. The first kappa shape index (κ1) is 15.0. The normalized spacial score (nSPS) is 19.0. The molecule has 0 atom stereocenters. The minimum atomic E-state index is 0.458. The van der Waals surface area contributed by atoms with Gasteiger partial charge in [0.2, 0.25) is 0 Å². The first-order valence-corrected chi connectivity index (χ1v) is 8.49. The molecule has 2 nitrogen and oxygen atoms in total. The molecule has 1 fully saturated rings. The molecule has 1 heterocycles. The fraction of sp³-hybridized carbons (Fsp3) is 0.812. The lowest BCUT2D eigenvalue weighted by Crippen LogP contribution is -2.40. The van der Waals surface area contributed by atoms with E-state index in [1.807, 2.05) is 11.3 Å². The number of thiazole rings is 1. The highest BCUT2D eigenvalue weighted by molar-refractivity contribution is 7.11. The molecule has 0 bridgehead atoms. The van der Waals surface area contributed by atoms with E-state index in [2.05, 4.69) is 33.0 Å². The molecular weight excluding hydrogens is 252 g/mol. The zero-order valence-electron chi connectivity index (χ0n) is 12.9. The molecular formula is C16H28N2S. The van der Waals surface area contributed by atoms with Crippen LogP contribution in [-0.4, -0.2) is 17.6 Å². The molecule has 0 aliphatic heterocycles. The molecule has 2 rings (SSSR count). The Balaban J connectivity index is 2.08. The second kappa shape index (κ2) is 6.36. The summed E-state index contributed by atoms with van der Waals surface area (Å²) in [4.78, 5) is 6.15. The predicted octanol–water partition coefficient (Wildman–Crippen LogP) is 4.25. The first-order chi connectivity index (χ1) is 9.01. The highest BCUT2D eigenvalue weighted by Crippen LogP contribution is 2.39. The van der Waals surface area contributed by atoms with E-state index < -0.39 is 0 Å². The third-order valence-electron chi connectivity index (χ3n) is 4.40. The van der Waals surface area contributed by atoms with Crippen LogP contribution in [0, 0.1) is 19.3 Å². The fourth-order valence-electron chi connectivity index (χ4n) is 3.07. The molecule has 0 amide bonds. The molecule has 19 heavy (non-hydrogen) atoms. The molecule has 0 aromatic carbocycles. The summed E-state index contributed by atoms with van der Waals surface area (Å²) in [6.07, 6.45) is 8.10. The van der Waals surface area contributed by atoms with Crippen molar-refractivity contribution in [1.29, 1.82) is 0 Å². The summed E-state index contributed by atoms with van der Waals surface area (Å²) in [6.45, 7) is 9.97. The van der Waals surface area contributed by atoms with Gasteiger partial charge in [-0.3, -0.25) is 0 Å². The maximum absolute atomic E-state index is 4.77. The first-order valence-electron chi connectivity index (χ1n) is 7.67. The van der Waals surface area contributed by atoms with Crippen LogP contribution in [0.4, 0.5) is 0 Å². The summed E-state index contributed by atoms with van der Waals surface area (Å²) in [5.41, 5.74) is 1.68. The van der Waals surface area contributed by atoms with Crippen LogP contribution in [0.5, 0.6) is 0 Å². The SMILES string of the molecule is Cc1nc(CC2(CNC(C)C)CCCCC2)sc1C. The summed E-state index contributed by atoms with van der Waals surface area (Å²) in [5, 5.41) is 5.02.